The van der Waals surface area contributed by atoms with Crippen LogP contribution in [-0.2, 0) is 10.8 Å². The van der Waals surface area contributed by atoms with E-state index in [0.29, 0.717) is 0 Å². The Morgan fingerprint density at radius 1 is 0.500 bits per heavy atom. The highest BCUT2D eigenvalue weighted by atomic mass is 16.5. The highest BCUT2D eigenvalue weighted by molar-refractivity contribution is 5.91. The predicted molar refractivity (Wildman–Crippen MR) is 146 cm³/mol. The number of para-hydroxylation sites is 1. The van der Waals surface area contributed by atoms with Gasteiger partial charge in [-0.3, -0.25) is 0 Å². The lowest BCUT2D eigenvalue weighted by Crippen LogP contribution is -2.32. The Labute approximate surface area is 212 Å². The summed E-state index contributed by atoms with van der Waals surface area (Å²) < 4.78 is 6.74. The van der Waals surface area contributed by atoms with E-state index in [2.05, 4.69) is 124 Å². The summed E-state index contributed by atoms with van der Waals surface area (Å²) in [6.45, 7) is 6.94. The fraction of sp³-hybridized carbons (Fsp3) is 0.143. The molecule has 0 aromatic heterocycles. The molecule has 0 unspecified atom stereocenters. The summed E-state index contributed by atoms with van der Waals surface area (Å²) in [5, 5.41) is 0. The van der Waals surface area contributed by atoms with Crippen LogP contribution in [-0.4, -0.2) is 0 Å². The molecule has 1 heterocycles. The van der Waals surface area contributed by atoms with Gasteiger partial charge in [0.05, 0.1) is 5.41 Å². The summed E-state index contributed by atoms with van der Waals surface area (Å²) in [5.74, 6) is 1.92. The van der Waals surface area contributed by atoms with E-state index in [-0.39, 0.29) is 5.41 Å². The van der Waals surface area contributed by atoms with Crippen LogP contribution < -0.4 is 4.74 Å². The van der Waals surface area contributed by atoms with Gasteiger partial charge in [0, 0.05) is 16.5 Å². The molecule has 1 nitrogen and oxygen atoms in total. The maximum Gasteiger partial charge on any atom is 0.132 e. The molecule has 1 spiro atoms. The second-order valence-corrected chi connectivity index (χ2v) is 11.0. The molecule has 36 heavy (non-hydrogen) atoms. The summed E-state index contributed by atoms with van der Waals surface area (Å²) in [5.41, 5.74) is 14.1. The van der Waals surface area contributed by atoms with Crippen molar-refractivity contribution in [2.75, 3.05) is 0 Å². The number of hydrogen-bond donors (Lipinski definition) is 0. The van der Waals surface area contributed by atoms with Gasteiger partial charge in [0.2, 0.25) is 0 Å². The monoisotopic (exact) mass is 462 g/mol. The molecule has 0 bridgehead atoms. The highest BCUT2D eigenvalue weighted by Gasteiger charge is 2.52. The lowest BCUT2D eigenvalue weighted by Gasteiger charge is -2.40. The summed E-state index contributed by atoms with van der Waals surface area (Å²) in [7, 11) is 0. The van der Waals surface area contributed by atoms with Crippen molar-refractivity contribution in [1.82, 2.24) is 0 Å². The maximum absolute atomic E-state index is 6.74. The molecule has 1 heteroatoms. The SMILES string of the molecule is Cc1cccc2c1C(C)(C)c1cc3c(cc1-2)C1(c2ccccc2O3)c2ccccc2-c2ccccc21. The molecule has 5 aromatic rings. The third-order valence-corrected chi connectivity index (χ3v) is 8.85. The molecule has 3 aliphatic rings. The molecule has 0 N–H and O–H groups in total. The average molecular weight is 463 g/mol. The molecule has 1 aliphatic heterocycles. The maximum atomic E-state index is 6.74. The summed E-state index contributed by atoms with van der Waals surface area (Å²) in [4.78, 5) is 0. The van der Waals surface area contributed by atoms with Crippen molar-refractivity contribution in [2.45, 2.75) is 31.6 Å². The summed E-state index contributed by atoms with van der Waals surface area (Å²) in [6, 6.07) is 38.0. The molecule has 8 rings (SSSR count). The normalized spacial score (nSPS) is 16.3. The number of benzene rings is 5. The van der Waals surface area contributed by atoms with Crippen LogP contribution in [0.4, 0.5) is 0 Å². The minimum absolute atomic E-state index is 0.0793. The van der Waals surface area contributed by atoms with Crippen LogP contribution >= 0.6 is 0 Å². The lowest BCUT2D eigenvalue weighted by atomic mass is 9.65. The van der Waals surface area contributed by atoms with Gasteiger partial charge in [0.15, 0.2) is 0 Å². The van der Waals surface area contributed by atoms with Gasteiger partial charge in [0.25, 0.3) is 0 Å². The number of hydrogen-bond acceptors (Lipinski definition) is 1. The largest absolute Gasteiger partial charge is 0.457 e. The van der Waals surface area contributed by atoms with Crippen LogP contribution in [0, 0.1) is 6.92 Å². The van der Waals surface area contributed by atoms with Crippen molar-refractivity contribution >= 4 is 0 Å². The molecule has 0 amide bonds. The van der Waals surface area contributed by atoms with Crippen molar-refractivity contribution in [3.8, 4) is 33.8 Å². The number of aryl methyl sites for hydroxylation is 1. The Morgan fingerprint density at radius 2 is 1.11 bits per heavy atom. The molecular formula is C35H26O. The molecular weight excluding hydrogens is 436 g/mol. The van der Waals surface area contributed by atoms with E-state index in [0.717, 1.165) is 11.5 Å². The zero-order valence-electron chi connectivity index (χ0n) is 20.7. The number of rotatable bonds is 0. The third-order valence-electron chi connectivity index (χ3n) is 8.85. The van der Waals surface area contributed by atoms with E-state index in [9.17, 15) is 0 Å². The van der Waals surface area contributed by atoms with Crippen molar-refractivity contribution in [2.24, 2.45) is 0 Å². The molecule has 0 fully saturated rings. The van der Waals surface area contributed by atoms with E-state index in [4.69, 9.17) is 4.74 Å². The zero-order valence-corrected chi connectivity index (χ0v) is 20.7. The minimum Gasteiger partial charge on any atom is -0.457 e. The van der Waals surface area contributed by atoms with Crippen LogP contribution in [0.15, 0.2) is 103 Å². The Balaban J connectivity index is 1.55. The number of ether oxygens (including phenoxy) is 1. The van der Waals surface area contributed by atoms with Gasteiger partial charge in [-0.05, 0) is 75.2 Å². The van der Waals surface area contributed by atoms with Crippen molar-refractivity contribution < 1.29 is 4.74 Å². The first-order chi connectivity index (χ1) is 17.5. The molecule has 0 saturated heterocycles. The topological polar surface area (TPSA) is 9.23 Å². The molecule has 5 aromatic carbocycles. The van der Waals surface area contributed by atoms with Gasteiger partial charge in [-0.2, -0.15) is 0 Å². The molecule has 0 radical (unpaired) electrons. The van der Waals surface area contributed by atoms with Gasteiger partial charge in [-0.15, -0.1) is 0 Å². The van der Waals surface area contributed by atoms with Gasteiger partial charge >= 0.3 is 0 Å². The lowest BCUT2D eigenvalue weighted by molar-refractivity contribution is 0.434. The summed E-state index contributed by atoms with van der Waals surface area (Å²) >= 11 is 0. The smallest absolute Gasteiger partial charge is 0.132 e. The molecule has 0 atom stereocenters. The zero-order chi connectivity index (χ0) is 24.2. The second kappa shape index (κ2) is 6.56. The van der Waals surface area contributed by atoms with Crippen LogP contribution in [0.2, 0.25) is 0 Å². The van der Waals surface area contributed by atoms with Crippen molar-refractivity contribution in [3.05, 3.63) is 142 Å². The van der Waals surface area contributed by atoms with Gasteiger partial charge in [-0.25, -0.2) is 0 Å². The van der Waals surface area contributed by atoms with E-state index in [1.165, 1.54) is 61.2 Å². The van der Waals surface area contributed by atoms with Crippen LogP contribution in [0.25, 0.3) is 22.3 Å². The average Bonchev–Trinajstić information content (AvgIpc) is 3.31. The van der Waals surface area contributed by atoms with E-state index in [1.54, 1.807) is 0 Å². The van der Waals surface area contributed by atoms with Gasteiger partial charge < -0.3 is 4.74 Å². The highest BCUT2D eigenvalue weighted by Crippen LogP contribution is 2.64. The third kappa shape index (κ3) is 2.19. The number of fused-ring (bicyclic) bond motifs is 12. The van der Waals surface area contributed by atoms with Gasteiger partial charge in [0.1, 0.15) is 11.5 Å². The Morgan fingerprint density at radius 3 is 1.83 bits per heavy atom. The summed E-state index contributed by atoms with van der Waals surface area (Å²) in [6.07, 6.45) is 0. The minimum atomic E-state index is -0.414. The first-order valence-electron chi connectivity index (χ1n) is 12.8. The quantitative estimate of drug-likeness (QED) is 0.219. The van der Waals surface area contributed by atoms with Crippen molar-refractivity contribution in [3.63, 3.8) is 0 Å². The first-order valence-corrected chi connectivity index (χ1v) is 12.8. The standard InChI is InChI=1S/C35H26O/c1-21-11-10-14-24-25-19-30-32(20-29(25)34(2,3)33(21)24)36-31-18-9-8-17-28(31)35(30)26-15-6-4-12-22(26)23-13-5-7-16-27(23)35/h4-20H,1-3H3. The van der Waals surface area contributed by atoms with Gasteiger partial charge in [-0.1, -0.05) is 98.8 Å². The molecule has 0 saturated carbocycles. The van der Waals surface area contributed by atoms with Crippen molar-refractivity contribution in [1.29, 1.82) is 0 Å². The second-order valence-electron chi connectivity index (χ2n) is 11.0. The van der Waals surface area contributed by atoms with E-state index >= 15 is 0 Å². The van der Waals surface area contributed by atoms with Crippen LogP contribution in [0.3, 0.4) is 0 Å². The fourth-order valence-corrected chi connectivity index (χ4v) is 7.50. The van der Waals surface area contributed by atoms with E-state index in [1.807, 2.05) is 0 Å². The fourth-order valence-electron chi connectivity index (χ4n) is 7.50. The van der Waals surface area contributed by atoms with E-state index < -0.39 is 5.41 Å². The molecule has 2 aliphatic carbocycles. The Bertz CT molecular complexity index is 1710. The van der Waals surface area contributed by atoms with Crippen LogP contribution in [0.1, 0.15) is 52.8 Å². The molecule has 172 valence electrons. The predicted octanol–water partition coefficient (Wildman–Crippen LogP) is 8.77. The van der Waals surface area contributed by atoms with Crippen LogP contribution in [0.5, 0.6) is 11.5 Å². The Kier molecular flexibility index (Phi) is 3.67. The Hall–Kier alpha value is -4.10. The first kappa shape index (κ1) is 20.1.